The van der Waals surface area contributed by atoms with Crippen molar-refractivity contribution in [3.63, 3.8) is 0 Å². The van der Waals surface area contributed by atoms with Gasteiger partial charge in [0, 0.05) is 4.91 Å². The number of benzene rings is 1. The fraction of sp³-hybridized carbons (Fsp3) is 0.333. The lowest BCUT2D eigenvalue weighted by Gasteiger charge is -2.20. The van der Waals surface area contributed by atoms with E-state index in [9.17, 15) is 5.11 Å². The van der Waals surface area contributed by atoms with E-state index in [1.807, 2.05) is 18.2 Å². The Morgan fingerprint density at radius 1 is 1.46 bits per heavy atom. The van der Waals surface area contributed by atoms with E-state index in [4.69, 9.17) is 5.53 Å². The molecule has 4 heteroatoms. The van der Waals surface area contributed by atoms with Crippen molar-refractivity contribution >= 4 is 0 Å². The van der Waals surface area contributed by atoms with Crippen LogP contribution in [0.4, 0.5) is 0 Å². The van der Waals surface area contributed by atoms with Crippen LogP contribution in [-0.4, -0.2) is 11.7 Å². The summed E-state index contributed by atoms with van der Waals surface area (Å²) >= 11 is 0. The lowest BCUT2D eigenvalue weighted by molar-refractivity contribution is 0.0669. The maximum absolute atomic E-state index is 9.85. The fourth-order valence-electron chi connectivity index (χ4n) is 1.06. The summed E-state index contributed by atoms with van der Waals surface area (Å²) in [7, 11) is 0. The first-order valence-corrected chi connectivity index (χ1v) is 3.95. The van der Waals surface area contributed by atoms with Gasteiger partial charge in [0.2, 0.25) is 0 Å². The van der Waals surface area contributed by atoms with Crippen molar-refractivity contribution in [2.75, 3.05) is 6.54 Å². The van der Waals surface area contributed by atoms with E-state index in [2.05, 4.69) is 10.0 Å². The molecule has 0 fully saturated rings. The molecule has 4 nitrogen and oxygen atoms in total. The molecule has 1 aromatic rings. The van der Waals surface area contributed by atoms with Gasteiger partial charge in [0.15, 0.2) is 0 Å². The van der Waals surface area contributed by atoms with E-state index in [1.54, 1.807) is 19.1 Å². The van der Waals surface area contributed by atoms with E-state index in [1.165, 1.54) is 0 Å². The van der Waals surface area contributed by atoms with Gasteiger partial charge >= 0.3 is 0 Å². The van der Waals surface area contributed by atoms with E-state index in [0.717, 1.165) is 5.56 Å². The molecule has 0 spiro atoms. The molecule has 1 atom stereocenters. The van der Waals surface area contributed by atoms with Crippen molar-refractivity contribution in [2.24, 2.45) is 5.11 Å². The van der Waals surface area contributed by atoms with Crippen LogP contribution in [0.15, 0.2) is 35.4 Å². The van der Waals surface area contributed by atoms with Crippen LogP contribution in [0.2, 0.25) is 0 Å². The molecule has 0 aliphatic rings. The Hall–Kier alpha value is -1.51. The van der Waals surface area contributed by atoms with Crippen LogP contribution < -0.4 is 0 Å². The molecule has 0 aliphatic carbocycles. The normalized spacial score (nSPS) is 14.3. The van der Waals surface area contributed by atoms with Crippen molar-refractivity contribution in [1.82, 2.24) is 0 Å². The summed E-state index contributed by atoms with van der Waals surface area (Å²) in [6.07, 6.45) is 0. The first-order valence-electron chi connectivity index (χ1n) is 3.95. The van der Waals surface area contributed by atoms with Gasteiger partial charge in [-0.05, 0) is 18.0 Å². The predicted octanol–water partition coefficient (Wildman–Crippen LogP) is 2.20. The van der Waals surface area contributed by atoms with Crippen molar-refractivity contribution < 1.29 is 5.11 Å². The van der Waals surface area contributed by atoms with Crippen LogP contribution in [0.5, 0.6) is 0 Å². The van der Waals surface area contributed by atoms with Gasteiger partial charge in [0.25, 0.3) is 0 Å². The van der Waals surface area contributed by atoms with Gasteiger partial charge in [0.1, 0.15) is 0 Å². The van der Waals surface area contributed by atoms with Crippen molar-refractivity contribution in [1.29, 1.82) is 0 Å². The third-order valence-electron chi connectivity index (χ3n) is 1.84. The Kier molecular flexibility index (Phi) is 2.90. The number of hydrogen-bond acceptors (Lipinski definition) is 2. The molecule has 0 heterocycles. The first-order chi connectivity index (χ1) is 6.17. The van der Waals surface area contributed by atoms with Gasteiger partial charge in [-0.2, -0.15) is 0 Å². The van der Waals surface area contributed by atoms with Crippen LogP contribution in [0.3, 0.4) is 0 Å². The van der Waals surface area contributed by atoms with Crippen molar-refractivity contribution in [3.05, 3.63) is 46.3 Å². The highest BCUT2D eigenvalue weighted by Gasteiger charge is 2.21. The SMILES string of the molecule is C[C@@](O)(CN=[N+]=[N-])c1ccccc1. The number of rotatable bonds is 3. The Bertz CT molecular complexity index is 315. The summed E-state index contributed by atoms with van der Waals surface area (Å²) in [4.78, 5) is 2.61. The molecular weight excluding hydrogens is 166 g/mol. The zero-order valence-electron chi connectivity index (χ0n) is 7.38. The zero-order chi connectivity index (χ0) is 9.73. The predicted molar refractivity (Wildman–Crippen MR) is 50.0 cm³/mol. The Balaban J connectivity index is 2.87. The highest BCUT2D eigenvalue weighted by molar-refractivity contribution is 5.21. The summed E-state index contributed by atoms with van der Waals surface area (Å²) in [6, 6.07) is 9.13. The average molecular weight is 177 g/mol. The minimum atomic E-state index is -1.08. The molecule has 68 valence electrons. The third-order valence-corrected chi connectivity index (χ3v) is 1.84. The molecule has 0 saturated heterocycles. The average Bonchev–Trinajstić information content (AvgIpc) is 2.16. The molecule has 0 aliphatic heterocycles. The second-order valence-corrected chi connectivity index (χ2v) is 3.03. The fourth-order valence-corrected chi connectivity index (χ4v) is 1.06. The van der Waals surface area contributed by atoms with Crippen LogP contribution in [0.25, 0.3) is 10.4 Å². The zero-order valence-corrected chi connectivity index (χ0v) is 7.38. The Morgan fingerprint density at radius 2 is 2.08 bits per heavy atom. The van der Waals surface area contributed by atoms with E-state index >= 15 is 0 Å². The topological polar surface area (TPSA) is 69.0 Å². The smallest absolute Gasteiger partial charge is 0.0924 e. The molecular formula is C9H11N3O. The van der Waals surface area contributed by atoms with Gasteiger partial charge < -0.3 is 5.11 Å². The second kappa shape index (κ2) is 3.94. The molecule has 0 radical (unpaired) electrons. The molecule has 1 N–H and O–H groups in total. The Morgan fingerprint density at radius 3 is 2.62 bits per heavy atom. The number of azide groups is 1. The van der Waals surface area contributed by atoms with E-state index in [0.29, 0.717) is 0 Å². The van der Waals surface area contributed by atoms with Crippen LogP contribution in [0, 0.1) is 0 Å². The Labute approximate surface area is 76.5 Å². The maximum Gasteiger partial charge on any atom is 0.0924 e. The summed E-state index contributed by atoms with van der Waals surface area (Å²) in [5.74, 6) is 0. The monoisotopic (exact) mass is 177 g/mol. The van der Waals surface area contributed by atoms with Crippen LogP contribution >= 0.6 is 0 Å². The standard InChI is InChI=1S/C9H11N3O/c1-9(13,7-11-12-10)8-5-3-2-4-6-8/h2-6,13H,7H2,1H3/t9-/m1/s1. The van der Waals surface area contributed by atoms with E-state index < -0.39 is 5.60 Å². The van der Waals surface area contributed by atoms with Crippen molar-refractivity contribution in [3.8, 4) is 0 Å². The summed E-state index contributed by atoms with van der Waals surface area (Å²) < 4.78 is 0. The summed E-state index contributed by atoms with van der Waals surface area (Å²) in [5.41, 5.74) is 7.80. The number of aliphatic hydroxyl groups is 1. The van der Waals surface area contributed by atoms with Gasteiger partial charge in [-0.15, -0.1) is 0 Å². The van der Waals surface area contributed by atoms with Gasteiger partial charge in [-0.1, -0.05) is 35.4 Å². The van der Waals surface area contributed by atoms with E-state index in [-0.39, 0.29) is 6.54 Å². The summed E-state index contributed by atoms with van der Waals surface area (Å²) in [6.45, 7) is 1.67. The lowest BCUT2D eigenvalue weighted by atomic mass is 9.97. The largest absolute Gasteiger partial charge is 0.385 e. The van der Waals surface area contributed by atoms with Crippen LogP contribution in [0.1, 0.15) is 12.5 Å². The van der Waals surface area contributed by atoms with Crippen molar-refractivity contribution in [2.45, 2.75) is 12.5 Å². The molecule has 0 amide bonds. The van der Waals surface area contributed by atoms with Crippen LogP contribution in [-0.2, 0) is 5.60 Å². The first kappa shape index (κ1) is 9.58. The lowest BCUT2D eigenvalue weighted by Crippen LogP contribution is -2.24. The molecule has 0 unspecified atom stereocenters. The second-order valence-electron chi connectivity index (χ2n) is 3.03. The molecule has 0 bridgehead atoms. The van der Waals surface area contributed by atoms with Gasteiger partial charge in [-0.25, -0.2) is 0 Å². The third kappa shape index (κ3) is 2.47. The molecule has 13 heavy (non-hydrogen) atoms. The van der Waals surface area contributed by atoms with Gasteiger partial charge in [0.05, 0.1) is 12.1 Å². The minimum absolute atomic E-state index is 0.0491. The number of hydrogen-bond donors (Lipinski definition) is 1. The number of nitrogens with zero attached hydrogens (tertiary/aromatic N) is 3. The summed E-state index contributed by atoms with van der Waals surface area (Å²) in [5, 5.41) is 13.2. The molecule has 0 saturated carbocycles. The molecule has 1 aromatic carbocycles. The maximum atomic E-state index is 9.85. The minimum Gasteiger partial charge on any atom is -0.385 e. The molecule has 0 aromatic heterocycles. The quantitative estimate of drug-likeness (QED) is 0.429. The van der Waals surface area contributed by atoms with Gasteiger partial charge in [-0.3, -0.25) is 0 Å². The molecule has 1 rings (SSSR count). The highest BCUT2D eigenvalue weighted by Crippen LogP contribution is 2.20. The highest BCUT2D eigenvalue weighted by atomic mass is 16.3.